The lowest BCUT2D eigenvalue weighted by atomic mass is 10.2. The molecule has 0 spiro atoms. The Labute approximate surface area is 204 Å². The van der Waals surface area contributed by atoms with Crippen molar-refractivity contribution in [3.05, 3.63) is 54.7 Å². The molecule has 180 valence electrons. The molecule has 0 aliphatic carbocycles. The number of para-hydroxylation sites is 3. The summed E-state index contributed by atoms with van der Waals surface area (Å²) >= 11 is 1.46. The highest BCUT2D eigenvalue weighted by Gasteiger charge is 2.26. The highest BCUT2D eigenvalue weighted by atomic mass is 32.2. The predicted octanol–water partition coefficient (Wildman–Crippen LogP) is 4.41. The maximum absolute atomic E-state index is 13.0. The van der Waals surface area contributed by atoms with Gasteiger partial charge >= 0.3 is 0 Å². The molecule has 1 saturated heterocycles. The number of nitrogens with one attached hydrogen (secondary N) is 1. The van der Waals surface area contributed by atoms with Crippen LogP contribution in [0.4, 0.5) is 5.69 Å². The van der Waals surface area contributed by atoms with Crippen molar-refractivity contribution in [2.75, 3.05) is 30.8 Å². The van der Waals surface area contributed by atoms with E-state index in [0.717, 1.165) is 15.8 Å². The molecule has 1 N–H and O–H groups in total. The van der Waals surface area contributed by atoms with Crippen LogP contribution in [0.15, 0.2) is 59.6 Å². The molecule has 2 heterocycles. The van der Waals surface area contributed by atoms with Gasteiger partial charge in [0.1, 0.15) is 12.3 Å². The Balaban J connectivity index is 1.45. The monoisotopic (exact) mass is 481 g/mol. The second-order valence-corrected chi connectivity index (χ2v) is 9.48. The molecule has 7 nitrogen and oxygen atoms in total. The number of benzene rings is 2. The highest BCUT2D eigenvalue weighted by molar-refractivity contribution is 8.00. The van der Waals surface area contributed by atoms with Crippen LogP contribution in [0.5, 0.6) is 5.75 Å². The third kappa shape index (κ3) is 5.74. The maximum Gasteiger partial charge on any atom is 0.242 e. The van der Waals surface area contributed by atoms with Gasteiger partial charge in [-0.2, -0.15) is 0 Å². The van der Waals surface area contributed by atoms with Crippen LogP contribution in [0.1, 0.15) is 20.8 Å². The number of aromatic nitrogens is 1. The number of carbonyl (C=O) groups is 2. The van der Waals surface area contributed by atoms with E-state index in [9.17, 15) is 9.59 Å². The zero-order valence-electron chi connectivity index (χ0n) is 19.8. The first-order valence-corrected chi connectivity index (χ1v) is 12.6. The second-order valence-electron chi connectivity index (χ2n) is 8.46. The number of anilines is 1. The fraction of sp³-hybridized carbons (Fsp3) is 0.385. The van der Waals surface area contributed by atoms with Gasteiger partial charge in [-0.15, -0.1) is 11.8 Å². The van der Waals surface area contributed by atoms with Crippen molar-refractivity contribution in [2.45, 2.75) is 44.4 Å². The SMILES string of the molecule is CCOc1ccccc1NC(=O)CSc1cn(CC(=O)N2C[C@H](C)O[C@@H](C)C2)c2ccccc12. The number of rotatable bonds is 8. The summed E-state index contributed by atoms with van der Waals surface area (Å²) in [6.07, 6.45) is 2.04. The van der Waals surface area contributed by atoms with Crippen LogP contribution in [-0.2, 0) is 20.9 Å². The lowest BCUT2D eigenvalue weighted by Crippen LogP contribution is -2.49. The second kappa shape index (κ2) is 11.0. The van der Waals surface area contributed by atoms with Crippen LogP contribution >= 0.6 is 11.8 Å². The summed E-state index contributed by atoms with van der Waals surface area (Å²) in [4.78, 5) is 28.5. The van der Waals surface area contributed by atoms with E-state index in [1.807, 2.05) is 85.0 Å². The topological polar surface area (TPSA) is 72.8 Å². The molecule has 1 aliphatic heterocycles. The maximum atomic E-state index is 13.0. The number of hydrogen-bond acceptors (Lipinski definition) is 5. The van der Waals surface area contributed by atoms with Crippen LogP contribution in [0.3, 0.4) is 0 Å². The summed E-state index contributed by atoms with van der Waals surface area (Å²) < 4.78 is 13.3. The molecule has 1 aliphatic rings. The zero-order chi connectivity index (χ0) is 24.1. The molecule has 0 bridgehead atoms. The van der Waals surface area contributed by atoms with Crippen molar-refractivity contribution < 1.29 is 19.1 Å². The lowest BCUT2D eigenvalue weighted by molar-refractivity contribution is -0.143. The summed E-state index contributed by atoms with van der Waals surface area (Å²) in [6, 6.07) is 15.4. The van der Waals surface area contributed by atoms with E-state index in [1.165, 1.54) is 11.8 Å². The summed E-state index contributed by atoms with van der Waals surface area (Å²) in [5, 5.41) is 3.97. The average Bonchev–Trinajstić information content (AvgIpc) is 3.16. The molecule has 0 saturated carbocycles. The van der Waals surface area contributed by atoms with Gasteiger partial charge in [0.15, 0.2) is 0 Å². The Hall–Kier alpha value is -2.97. The molecule has 34 heavy (non-hydrogen) atoms. The van der Waals surface area contributed by atoms with Crippen molar-refractivity contribution in [1.29, 1.82) is 0 Å². The minimum atomic E-state index is -0.110. The van der Waals surface area contributed by atoms with Gasteiger partial charge in [-0.1, -0.05) is 30.3 Å². The number of nitrogens with zero attached hydrogens (tertiary/aromatic N) is 2. The van der Waals surface area contributed by atoms with Gasteiger partial charge in [0.25, 0.3) is 0 Å². The fourth-order valence-electron chi connectivity index (χ4n) is 4.27. The largest absolute Gasteiger partial charge is 0.492 e. The molecule has 0 unspecified atom stereocenters. The molecule has 2 aromatic carbocycles. The van der Waals surface area contributed by atoms with E-state index in [2.05, 4.69) is 5.32 Å². The highest BCUT2D eigenvalue weighted by Crippen LogP contribution is 2.31. The van der Waals surface area contributed by atoms with Gasteiger partial charge in [-0.25, -0.2) is 0 Å². The van der Waals surface area contributed by atoms with Crippen LogP contribution in [0.2, 0.25) is 0 Å². The third-order valence-electron chi connectivity index (χ3n) is 5.65. The smallest absolute Gasteiger partial charge is 0.242 e. The Morgan fingerprint density at radius 2 is 1.79 bits per heavy atom. The minimum absolute atomic E-state index is 0.0339. The van der Waals surface area contributed by atoms with E-state index in [0.29, 0.717) is 31.1 Å². The molecule has 1 aromatic heterocycles. The average molecular weight is 482 g/mol. The van der Waals surface area contributed by atoms with Crippen LogP contribution < -0.4 is 10.1 Å². The first-order valence-electron chi connectivity index (χ1n) is 11.6. The standard InChI is InChI=1S/C26H31N3O4S/c1-4-32-23-12-8-6-10-21(23)27-25(30)17-34-24-15-28(22-11-7-5-9-20(22)24)16-26(31)29-13-18(2)33-19(3)14-29/h5-12,15,18-19H,4,13-14,16-17H2,1-3H3,(H,27,30)/t18-,19-/m0/s1. The normalized spacial score (nSPS) is 18.1. The molecule has 0 radical (unpaired) electrons. The summed E-state index contributed by atoms with van der Waals surface area (Å²) in [7, 11) is 0. The first kappa shape index (κ1) is 24.2. The molecule has 3 aromatic rings. The molecule has 8 heteroatoms. The van der Waals surface area contributed by atoms with Crippen LogP contribution in [0.25, 0.3) is 10.9 Å². The number of fused-ring (bicyclic) bond motifs is 1. The molecule has 2 amide bonds. The van der Waals surface area contributed by atoms with Crippen LogP contribution in [0, 0.1) is 0 Å². The van der Waals surface area contributed by atoms with Crippen molar-refractivity contribution >= 4 is 40.2 Å². The van der Waals surface area contributed by atoms with Crippen molar-refractivity contribution in [1.82, 2.24) is 9.47 Å². The quantitative estimate of drug-likeness (QED) is 0.483. The van der Waals surface area contributed by atoms with E-state index >= 15 is 0 Å². The number of amides is 2. The zero-order valence-corrected chi connectivity index (χ0v) is 20.6. The first-order chi connectivity index (χ1) is 16.4. The molecule has 4 rings (SSSR count). The van der Waals surface area contributed by atoms with Gasteiger partial charge < -0.3 is 24.3 Å². The minimum Gasteiger partial charge on any atom is -0.492 e. The predicted molar refractivity (Wildman–Crippen MR) is 135 cm³/mol. The third-order valence-corrected chi connectivity index (χ3v) is 6.69. The summed E-state index contributed by atoms with van der Waals surface area (Å²) in [6.45, 7) is 7.90. The number of carbonyl (C=O) groups excluding carboxylic acids is 2. The Morgan fingerprint density at radius 3 is 2.56 bits per heavy atom. The fourth-order valence-corrected chi connectivity index (χ4v) is 5.16. The number of morpholine rings is 1. The van der Waals surface area contributed by atoms with Crippen molar-refractivity contribution in [3.8, 4) is 5.75 Å². The molecule has 2 atom stereocenters. The van der Waals surface area contributed by atoms with Gasteiger partial charge in [0.05, 0.1) is 30.3 Å². The van der Waals surface area contributed by atoms with Gasteiger partial charge in [-0.05, 0) is 39.0 Å². The lowest BCUT2D eigenvalue weighted by Gasteiger charge is -2.35. The van der Waals surface area contributed by atoms with Gasteiger partial charge in [0, 0.05) is 35.1 Å². The Kier molecular flexibility index (Phi) is 7.80. The van der Waals surface area contributed by atoms with Gasteiger partial charge in [-0.3, -0.25) is 9.59 Å². The van der Waals surface area contributed by atoms with Gasteiger partial charge in [0.2, 0.25) is 11.8 Å². The Bertz CT molecular complexity index is 1150. The van der Waals surface area contributed by atoms with Crippen molar-refractivity contribution in [2.24, 2.45) is 0 Å². The van der Waals surface area contributed by atoms with Crippen LogP contribution in [-0.4, -0.2) is 58.9 Å². The Morgan fingerprint density at radius 1 is 1.09 bits per heavy atom. The molecular formula is C26H31N3O4S. The number of ether oxygens (including phenoxy) is 2. The number of hydrogen-bond donors (Lipinski definition) is 1. The molecular weight excluding hydrogens is 450 g/mol. The summed E-state index contributed by atoms with van der Waals surface area (Å²) in [5.74, 6) is 0.872. The van der Waals surface area contributed by atoms with Crippen molar-refractivity contribution in [3.63, 3.8) is 0 Å². The van der Waals surface area contributed by atoms with E-state index in [-0.39, 0.29) is 36.3 Å². The summed E-state index contributed by atoms with van der Waals surface area (Å²) in [5.41, 5.74) is 1.65. The molecule has 1 fully saturated rings. The van der Waals surface area contributed by atoms with E-state index in [4.69, 9.17) is 9.47 Å². The number of thioether (sulfide) groups is 1. The van der Waals surface area contributed by atoms with E-state index in [1.54, 1.807) is 0 Å². The van der Waals surface area contributed by atoms with E-state index < -0.39 is 0 Å².